The number of hydrogen-bond donors (Lipinski definition) is 0. The summed E-state index contributed by atoms with van der Waals surface area (Å²) in [6.45, 7) is 0.110. The lowest BCUT2D eigenvalue weighted by atomic mass is 10.1. The van der Waals surface area contributed by atoms with Gasteiger partial charge in [0.1, 0.15) is 6.04 Å². The first-order valence-electron chi connectivity index (χ1n) is 6.10. The number of likely N-dealkylation sites (tertiary alicyclic amines) is 1. The van der Waals surface area contributed by atoms with Crippen LogP contribution >= 0.6 is 0 Å². The summed E-state index contributed by atoms with van der Waals surface area (Å²) in [4.78, 5) is 24.6. The number of amides is 1. The van der Waals surface area contributed by atoms with Crippen LogP contribution in [0.1, 0.15) is 23.2 Å². The van der Waals surface area contributed by atoms with E-state index in [1.165, 1.54) is 0 Å². The Balaban J connectivity index is 2.39. The van der Waals surface area contributed by atoms with Gasteiger partial charge >= 0.3 is 5.97 Å². The lowest BCUT2D eigenvalue weighted by Crippen LogP contribution is -2.41. The summed E-state index contributed by atoms with van der Waals surface area (Å²) in [6.07, 6.45) is 0.755. The predicted octanol–water partition coefficient (Wildman–Crippen LogP) is 2.02. The van der Waals surface area contributed by atoms with Crippen molar-refractivity contribution in [3.8, 4) is 0 Å². The zero-order valence-corrected chi connectivity index (χ0v) is 11.0. The van der Waals surface area contributed by atoms with Gasteiger partial charge in [-0.05, 0) is 18.9 Å². The van der Waals surface area contributed by atoms with E-state index in [0.29, 0.717) is 12.8 Å². The first-order chi connectivity index (χ1) is 9.88. The van der Waals surface area contributed by atoms with E-state index in [4.69, 9.17) is 0 Å². The molecule has 1 atom stereocenters. The molecule has 0 N–H and O–H groups in total. The molecule has 0 aromatic heterocycles. The van der Waals surface area contributed by atoms with Crippen LogP contribution in [0.25, 0.3) is 0 Å². The fourth-order valence-electron chi connectivity index (χ4n) is 2.27. The van der Waals surface area contributed by atoms with Crippen molar-refractivity contribution in [3.05, 3.63) is 34.9 Å². The Morgan fingerprint density at radius 3 is 2.48 bits per heavy atom. The molecule has 4 nitrogen and oxygen atoms in total. The van der Waals surface area contributed by atoms with Crippen LogP contribution in [-0.4, -0.2) is 36.5 Å². The number of esters is 1. The van der Waals surface area contributed by atoms with Crippen molar-refractivity contribution in [3.63, 3.8) is 0 Å². The minimum atomic E-state index is -2.06. The Kier molecular flexibility index (Phi) is 4.15. The highest BCUT2D eigenvalue weighted by Crippen LogP contribution is 2.25. The van der Waals surface area contributed by atoms with E-state index in [0.717, 1.165) is 12.0 Å². The molecule has 1 unspecified atom stereocenters. The minimum Gasteiger partial charge on any atom is -0.467 e. The Hall–Kier alpha value is -2.12. The average molecular weight is 305 g/mol. The van der Waals surface area contributed by atoms with Crippen LogP contribution in [0.15, 0.2) is 6.07 Å². The number of rotatable bonds is 2. The average Bonchev–Trinajstić information content (AvgIpc) is 2.96. The molecule has 0 saturated carbocycles. The molecule has 1 aliphatic rings. The van der Waals surface area contributed by atoms with E-state index < -0.39 is 46.8 Å². The lowest BCUT2D eigenvalue weighted by Gasteiger charge is -2.23. The van der Waals surface area contributed by atoms with Crippen molar-refractivity contribution in [2.75, 3.05) is 13.7 Å². The first kappa shape index (κ1) is 15.3. The maximum atomic E-state index is 13.6. The van der Waals surface area contributed by atoms with E-state index >= 15 is 0 Å². The van der Waals surface area contributed by atoms with Gasteiger partial charge in [-0.3, -0.25) is 4.79 Å². The van der Waals surface area contributed by atoms with Gasteiger partial charge in [0.2, 0.25) is 0 Å². The molecular weight excluding hydrogens is 294 g/mol. The lowest BCUT2D eigenvalue weighted by molar-refractivity contribution is -0.145. The number of hydrogen-bond acceptors (Lipinski definition) is 3. The highest BCUT2D eigenvalue weighted by Gasteiger charge is 2.37. The highest BCUT2D eigenvalue weighted by atomic mass is 19.2. The number of ether oxygens (including phenoxy) is 1. The van der Waals surface area contributed by atoms with Crippen LogP contribution in [0.3, 0.4) is 0 Å². The second kappa shape index (κ2) is 5.71. The summed E-state index contributed by atoms with van der Waals surface area (Å²) in [5.74, 6) is -9.30. The topological polar surface area (TPSA) is 46.6 Å². The molecule has 1 amide bonds. The molecule has 2 rings (SSSR count). The van der Waals surface area contributed by atoms with Gasteiger partial charge in [0.05, 0.1) is 12.7 Å². The van der Waals surface area contributed by atoms with Crippen LogP contribution in [0, 0.1) is 23.3 Å². The zero-order valence-electron chi connectivity index (χ0n) is 11.0. The molecular formula is C13H11F4NO3. The second-order valence-electron chi connectivity index (χ2n) is 4.53. The summed E-state index contributed by atoms with van der Waals surface area (Å²) in [5.41, 5.74) is -0.956. The quantitative estimate of drug-likeness (QED) is 0.363. The molecule has 1 heterocycles. The number of carbonyl (C=O) groups excluding carboxylic acids is 2. The first-order valence-corrected chi connectivity index (χ1v) is 6.10. The highest BCUT2D eigenvalue weighted by molar-refractivity contribution is 5.97. The Bertz CT molecular complexity index is 606. The molecule has 114 valence electrons. The predicted molar refractivity (Wildman–Crippen MR) is 62.3 cm³/mol. The molecule has 1 aromatic carbocycles. The molecule has 21 heavy (non-hydrogen) atoms. The van der Waals surface area contributed by atoms with Crippen LogP contribution in [0.5, 0.6) is 0 Å². The fourth-order valence-corrected chi connectivity index (χ4v) is 2.27. The number of methoxy groups -OCH3 is 1. The molecule has 0 bridgehead atoms. The number of benzene rings is 1. The van der Waals surface area contributed by atoms with Gasteiger partial charge in [-0.2, -0.15) is 0 Å². The van der Waals surface area contributed by atoms with Crippen LogP contribution in [-0.2, 0) is 9.53 Å². The van der Waals surface area contributed by atoms with Crippen molar-refractivity contribution in [1.82, 2.24) is 4.90 Å². The molecule has 0 aliphatic carbocycles. The van der Waals surface area contributed by atoms with Crippen molar-refractivity contribution < 1.29 is 31.9 Å². The summed E-state index contributed by atoms with van der Waals surface area (Å²) < 4.78 is 57.3. The minimum absolute atomic E-state index is 0.110. The molecule has 0 spiro atoms. The molecule has 1 fully saturated rings. The van der Waals surface area contributed by atoms with E-state index in [2.05, 4.69) is 4.74 Å². The Labute approximate surface area is 117 Å². The van der Waals surface area contributed by atoms with Gasteiger partial charge in [-0.1, -0.05) is 0 Å². The summed E-state index contributed by atoms with van der Waals surface area (Å²) in [7, 11) is 1.13. The molecule has 1 aromatic rings. The van der Waals surface area contributed by atoms with Crippen molar-refractivity contribution in [1.29, 1.82) is 0 Å². The normalized spacial score (nSPS) is 18.0. The summed E-state index contributed by atoms with van der Waals surface area (Å²) in [5, 5.41) is 0. The Morgan fingerprint density at radius 1 is 1.19 bits per heavy atom. The molecule has 1 saturated heterocycles. The van der Waals surface area contributed by atoms with E-state index in [-0.39, 0.29) is 12.6 Å². The summed E-state index contributed by atoms with van der Waals surface area (Å²) in [6, 6.07) is -0.666. The third kappa shape index (κ3) is 2.57. The standard InChI is InChI=1S/C13H11F4NO3/c1-21-13(20)8-3-2-4-18(8)12(19)6-5-7(14)10(16)11(17)9(6)15/h5,8H,2-4H2,1H3. The van der Waals surface area contributed by atoms with E-state index in [1.54, 1.807) is 0 Å². The van der Waals surface area contributed by atoms with E-state index in [1.807, 2.05) is 0 Å². The third-order valence-corrected chi connectivity index (χ3v) is 3.32. The largest absolute Gasteiger partial charge is 0.467 e. The second-order valence-corrected chi connectivity index (χ2v) is 4.53. The smallest absolute Gasteiger partial charge is 0.328 e. The summed E-state index contributed by atoms with van der Waals surface area (Å²) >= 11 is 0. The van der Waals surface area contributed by atoms with E-state index in [9.17, 15) is 27.2 Å². The van der Waals surface area contributed by atoms with Gasteiger partial charge in [-0.15, -0.1) is 0 Å². The molecule has 8 heteroatoms. The fraction of sp³-hybridized carbons (Fsp3) is 0.385. The monoisotopic (exact) mass is 305 g/mol. The molecule has 1 aliphatic heterocycles. The van der Waals surface area contributed by atoms with Crippen molar-refractivity contribution in [2.24, 2.45) is 0 Å². The molecule has 0 radical (unpaired) electrons. The van der Waals surface area contributed by atoms with Crippen LogP contribution in [0.4, 0.5) is 17.6 Å². The van der Waals surface area contributed by atoms with Gasteiger partial charge in [0.25, 0.3) is 5.91 Å². The van der Waals surface area contributed by atoms with Crippen molar-refractivity contribution in [2.45, 2.75) is 18.9 Å². The number of carbonyl (C=O) groups is 2. The van der Waals surface area contributed by atoms with Gasteiger partial charge in [0.15, 0.2) is 23.3 Å². The number of halogens is 4. The maximum absolute atomic E-state index is 13.6. The van der Waals surface area contributed by atoms with Crippen molar-refractivity contribution >= 4 is 11.9 Å². The third-order valence-electron chi connectivity index (χ3n) is 3.32. The Morgan fingerprint density at radius 2 is 1.86 bits per heavy atom. The van der Waals surface area contributed by atoms with Gasteiger partial charge in [-0.25, -0.2) is 22.4 Å². The number of nitrogens with zero attached hydrogens (tertiary/aromatic N) is 1. The maximum Gasteiger partial charge on any atom is 0.328 e. The van der Waals surface area contributed by atoms with Gasteiger partial charge < -0.3 is 9.64 Å². The SMILES string of the molecule is COC(=O)C1CCCN1C(=O)c1cc(F)c(F)c(F)c1F. The van der Waals surface area contributed by atoms with Crippen LogP contribution in [0.2, 0.25) is 0 Å². The van der Waals surface area contributed by atoms with Crippen LogP contribution < -0.4 is 0 Å². The van der Waals surface area contributed by atoms with Gasteiger partial charge in [0, 0.05) is 6.54 Å². The zero-order chi connectivity index (χ0) is 15.7.